The van der Waals surface area contributed by atoms with Crippen LogP contribution in [0.3, 0.4) is 0 Å². The van der Waals surface area contributed by atoms with Crippen molar-refractivity contribution in [1.82, 2.24) is 0 Å². The highest BCUT2D eigenvalue weighted by Crippen LogP contribution is 1.97. The van der Waals surface area contributed by atoms with E-state index in [1.54, 1.807) is 13.8 Å². The number of allylic oxidation sites excluding steroid dienone is 2. The summed E-state index contributed by atoms with van der Waals surface area (Å²) in [5.41, 5.74) is 5.98. The second-order valence-corrected chi connectivity index (χ2v) is 1.94. The Morgan fingerprint density at radius 1 is 1.60 bits per heavy atom. The molecule has 0 spiro atoms. The second kappa shape index (κ2) is 3.71. The highest BCUT2D eigenvalue weighted by molar-refractivity contribution is 5.89. The standard InChI is InChI=1S/C7H11NO2/c1-3-6(7(9)10)4-5(2)8/h3-4H,8H2,1-2H3,(H,9,10)/b5-4-,6-3+. The van der Waals surface area contributed by atoms with Gasteiger partial charge in [0, 0.05) is 5.70 Å². The Balaban J connectivity index is 4.42. The lowest BCUT2D eigenvalue weighted by atomic mass is 10.2. The molecule has 3 nitrogen and oxygen atoms in total. The van der Waals surface area contributed by atoms with E-state index in [2.05, 4.69) is 0 Å². The summed E-state index contributed by atoms with van der Waals surface area (Å²) in [4.78, 5) is 10.3. The Labute approximate surface area is 59.8 Å². The average Bonchev–Trinajstić information content (AvgIpc) is 1.81. The third kappa shape index (κ3) is 2.91. The highest BCUT2D eigenvalue weighted by Gasteiger charge is 2.00. The third-order valence-corrected chi connectivity index (χ3v) is 0.941. The van der Waals surface area contributed by atoms with Crippen LogP contribution in [-0.4, -0.2) is 11.1 Å². The van der Waals surface area contributed by atoms with Crippen LogP contribution in [0.1, 0.15) is 13.8 Å². The molecule has 0 aliphatic heterocycles. The van der Waals surface area contributed by atoms with Crippen LogP contribution in [0.4, 0.5) is 0 Å². The molecule has 0 radical (unpaired) electrons. The summed E-state index contributed by atoms with van der Waals surface area (Å²) in [5.74, 6) is -0.952. The summed E-state index contributed by atoms with van der Waals surface area (Å²) in [6, 6.07) is 0. The van der Waals surface area contributed by atoms with E-state index in [-0.39, 0.29) is 5.57 Å². The fraction of sp³-hybridized carbons (Fsp3) is 0.286. The van der Waals surface area contributed by atoms with Gasteiger partial charge in [-0.3, -0.25) is 0 Å². The van der Waals surface area contributed by atoms with Crippen molar-refractivity contribution >= 4 is 5.97 Å². The number of nitrogens with two attached hydrogens (primary N) is 1. The summed E-state index contributed by atoms with van der Waals surface area (Å²) >= 11 is 0. The van der Waals surface area contributed by atoms with E-state index in [9.17, 15) is 4.79 Å². The minimum atomic E-state index is -0.952. The van der Waals surface area contributed by atoms with Crippen molar-refractivity contribution < 1.29 is 9.90 Å². The zero-order valence-corrected chi connectivity index (χ0v) is 6.09. The quantitative estimate of drug-likeness (QED) is 0.443. The van der Waals surface area contributed by atoms with Crippen LogP contribution < -0.4 is 5.73 Å². The molecule has 0 saturated carbocycles. The lowest BCUT2D eigenvalue weighted by molar-refractivity contribution is -0.132. The number of hydrogen-bond acceptors (Lipinski definition) is 2. The van der Waals surface area contributed by atoms with Crippen molar-refractivity contribution in [3.05, 3.63) is 23.4 Å². The van der Waals surface area contributed by atoms with E-state index in [0.29, 0.717) is 5.70 Å². The van der Waals surface area contributed by atoms with Crippen LogP contribution in [0, 0.1) is 0 Å². The van der Waals surface area contributed by atoms with E-state index in [1.165, 1.54) is 12.2 Å². The predicted octanol–water partition coefficient (Wildman–Crippen LogP) is 0.880. The maximum Gasteiger partial charge on any atom is 0.335 e. The molecule has 0 amide bonds. The van der Waals surface area contributed by atoms with Crippen LogP contribution in [0.5, 0.6) is 0 Å². The number of rotatable bonds is 2. The molecule has 0 aromatic rings. The molecule has 0 heterocycles. The SMILES string of the molecule is C/C=C(\C=C(\C)N)C(=O)O. The number of carboxylic acid groups (broad SMARTS) is 1. The average molecular weight is 141 g/mol. The number of aliphatic carboxylic acids is 1. The summed E-state index contributed by atoms with van der Waals surface area (Å²) in [7, 11) is 0. The van der Waals surface area contributed by atoms with Gasteiger partial charge in [-0.2, -0.15) is 0 Å². The Morgan fingerprint density at radius 2 is 2.10 bits per heavy atom. The normalized spacial score (nSPS) is 13.4. The molecule has 10 heavy (non-hydrogen) atoms. The van der Waals surface area contributed by atoms with Gasteiger partial charge in [0.25, 0.3) is 0 Å². The van der Waals surface area contributed by atoms with Crippen molar-refractivity contribution in [2.24, 2.45) is 5.73 Å². The van der Waals surface area contributed by atoms with Gasteiger partial charge in [0.15, 0.2) is 0 Å². The first-order valence-corrected chi connectivity index (χ1v) is 2.91. The molecule has 0 bridgehead atoms. The van der Waals surface area contributed by atoms with Crippen LogP contribution in [0.25, 0.3) is 0 Å². The molecule has 3 N–H and O–H groups in total. The molecule has 0 aliphatic carbocycles. The van der Waals surface area contributed by atoms with Gasteiger partial charge >= 0.3 is 5.97 Å². The molecule has 0 aromatic heterocycles. The lowest BCUT2D eigenvalue weighted by Gasteiger charge is -1.92. The Hall–Kier alpha value is -1.25. The van der Waals surface area contributed by atoms with Crippen LogP contribution in [0.15, 0.2) is 23.4 Å². The first-order valence-electron chi connectivity index (χ1n) is 2.91. The van der Waals surface area contributed by atoms with Gasteiger partial charge in [-0.25, -0.2) is 4.79 Å². The van der Waals surface area contributed by atoms with Crippen molar-refractivity contribution in [2.45, 2.75) is 13.8 Å². The molecule has 56 valence electrons. The molecule has 0 saturated heterocycles. The van der Waals surface area contributed by atoms with E-state index in [0.717, 1.165) is 0 Å². The monoisotopic (exact) mass is 141 g/mol. The minimum absolute atomic E-state index is 0.222. The maximum absolute atomic E-state index is 10.3. The lowest BCUT2D eigenvalue weighted by Crippen LogP contribution is -2.00. The molecule has 0 unspecified atom stereocenters. The Kier molecular flexibility index (Phi) is 3.25. The molecule has 0 aliphatic rings. The van der Waals surface area contributed by atoms with Crippen LogP contribution in [-0.2, 0) is 4.79 Å². The maximum atomic E-state index is 10.3. The number of hydrogen-bond donors (Lipinski definition) is 2. The second-order valence-electron chi connectivity index (χ2n) is 1.94. The first kappa shape index (κ1) is 8.75. The fourth-order valence-electron chi connectivity index (χ4n) is 0.514. The van der Waals surface area contributed by atoms with E-state index < -0.39 is 5.97 Å². The molecular formula is C7H11NO2. The number of carboxylic acids is 1. The van der Waals surface area contributed by atoms with E-state index in [4.69, 9.17) is 10.8 Å². The van der Waals surface area contributed by atoms with Gasteiger partial charge in [-0.15, -0.1) is 0 Å². The molecule has 0 fully saturated rings. The smallest absolute Gasteiger partial charge is 0.335 e. The summed E-state index contributed by atoms with van der Waals surface area (Å²) in [6.07, 6.45) is 2.92. The van der Waals surface area contributed by atoms with E-state index in [1.807, 2.05) is 0 Å². The van der Waals surface area contributed by atoms with Crippen LogP contribution in [0.2, 0.25) is 0 Å². The van der Waals surface area contributed by atoms with E-state index >= 15 is 0 Å². The van der Waals surface area contributed by atoms with Crippen molar-refractivity contribution in [2.75, 3.05) is 0 Å². The van der Waals surface area contributed by atoms with Gasteiger partial charge < -0.3 is 10.8 Å². The van der Waals surface area contributed by atoms with Crippen molar-refractivity contribution in [1.29, 1.82) is 0 Å². The number of carbonyl (C=O) groups is 1. The predicted molar refractivity (Wildman–Crippen MR) is 39.3 cm³/mol. The first-order chi connectivity index (χ1) is 4.57. The van der Waals surface area contributed by atoms with Crippen LogP contribution >= 0.6 is 0 Å². The van der Waals surface area contributed by atoms with Gasteiger partial charge in [0.05, 0.1) is 5.57 Å². The Bertz CT molecular complexity index is 188. The molecule has 0 aromatic carbocycles. The van der Waals surface area contributed by atoms with Gasteiger partial charge in [0.1, 0.15) is 0 Å². The van der Waals surface area contributed by atoms with Gasteiger partial charge in [-0.1, -0.05) is 6.08 Å². The van der Waals surface area contributed by atoms with Crippen molar-refractivity contribution in [3.8, 4) is 0 Å². The topological polar surface area (TPSA) is 63.3 Å². The third-order valence-electron chi connectivity index (χ3n) is 0.941. The fourth-order valence-corrected chi connectivity index (χ4v) is 0.514. The van der Waals surface area contributed by atoms with Gasteiger partial charge in [0.2, 0.25) is 0 Å². The van der Waals surface area contributed by atoms with Crippen molar-refractivity contribution in [3.63, 3.8) is 0 Å². The summed E-state index contributed by atoms with van der Waals surface area (Å²) < 4.78 is 0. The summed E-state index contributed by atoms with van der Waals surface area (Å²) in [5, 5.41) is 8.45. The largest absolute Gasteiger partial charge is 0.478 e. The zero-order chi connectivity index (χ0) is 8.15. The van der Waals surface area contributed by atoms with Gasteiger partial charge in [-0.05, 0) is 19.9 Å². The summed E-state index contributed by atoms with van der Waals surface area (Å²) in [6.45, 7) is 3.30. The molecular weight excluding hydrogens is 130 g/mol. The molecule has 3 heteroatoms. The highest BCUT2D eigenvalue weighted by atomic mass is 16.4. The minimum Gasteiger partial charge on any atom is -0.478 e. The zero-order valence-electron chi connectivity index (χ0n) is 6.09. The molecule has 0 atom stereocenters. The molecule has 0 rings (SSSR count). The Morgan fingerprint density at radius 3 is 2.20 bits per heavy atom.